The van der Waals surface area contributed by atoms with E-state index in [1.807, 2.05) is 37.3 Å². The molecule has 0 saturated heterocycles. The Bertz CT molecular complexity index is 778. The van der Waals surface area contributed by atoms with Crippen LogP contribution in [0.2, 0.25) is 0 Å². The van der Waals surface area contributed by atoms with Crippen LogP contribution in [0.4, 0.5) is 5.69 Å². The van der Waals surface area contributed by atoms with Gasteiger partial charge in [0.1, 0.15) is 0 Å². The Morgan fingerprint density at radius 2 is 1.61 bits per heavy atom. The fourth-order valence-corrected chi connectivity index (χ4v) is 2.33. The quantitative estimate of drug-likeness (QED) is 0.239. The number of non-ortho nitro benzene ring substituents is 1. The Morgan fingerprint density at radius 3 is 2.17 bits per heavy atom. The third-order valence-corrected chi connectivity index (χ3v) is 4.30. The molecule has 2 aromatic rings. The van der Waals surface area contributed by atoms with E-state index >= 15 is 0 Å². The van der Waals surface area contributed by atoms with E-state index in [-0.39, 0.29) is 11.5 Å². The molecule has 0 aromatic heterocycles. The predicted octanol–water partition coefficient (Wildman–Crippen LogP) is 5.16. The number of carbonyl (C=O) groups excluding carboxylic acids is 1. The van der Waals surface area contributed by atoms with Gasteiger partial charge < -0.3 is 0 Å². The Labute approximate surface area is 142 Å². The van der Waals surface area contributed by atoms with E-state index in [4.69, 9.17) is 0 Å². The van der Waals surface area contributed by atoms with Crippen molar-refractivity contribution in [3.63, 3.8) is 0 Å². The van der Waals surface area contributed by atoms with Gasteiger partial charge in [-0.15, -0.1) is 0 Å². The molecule has 2 rings (SSSR count). The number of carbonyl (C=O) groups is 1. The number of rotatable bonds is 5. The molecular formula is C18H14BrNO3. The smallest absolute Gasteiger partial charge is 0.269 e. The highest BCUT2D eigenvalue weighted by molar-refractivity contribution is 9.15. The van der Waals surface area contributed by atoms with Gasteiger partial charge in [-0.1, -0.05) is 36.4 Å². The average molecular weight is 372 g/mol. The molecule has 23 heavy (non-hydrogen) atoms. The Kier molecular flexibility index (Phi) is 5.60. The lowest BCUT2D eigenvalue weighted by atomic mass is 10.1. The first-order valence-corrected chi connectivity index (χ1v) is 7.67. The summed E-state index contributed by atoms with van der Waals surface area (Å²) in [4.78, 5) is 22.2. The highest BCUT2D eigenvalue weighted by Gasteiger charge is 2.07. The maximum atomic E-state index is 12.1. The van der Waals surface area contributed by atoms with Crippen LogP contribution in [0, 0.1) is 10.1 Å². The standard InChI is InChI=1S/C18H14BrNO3/c1-13(18(19)15-5-3-2-4-6-15)7-12-17(21)14-8-10-16(11-9-14)20(22)23/h2-12H,1H3/b12-7+,18-13+. The maximum Gasteiger partial charge on any atom is 0.269 e. The van der Waals surface area contributed by atoms with Crippen molar-refractivity contribution in [2.45, 2.75) is 6.92 Å². The fraction of sp³-hybridized carbons (Fsp3) is 0.0556. The largest absolute Gasteiger partial charge is 0.289 e. The van der Waals surface area contributed by atoms with Crippen LogP contribution in [0.3, 0.4) is 0 Å². The molecular weight excluding hydrogens is 358 g/mol. The molecule has 0 bridgehead atoms. The highest BCUT2D eigenvalue weighted by Crippen LogP contribution is 2.25. The van der Waals surface area contributed by atoms with Gasteiger partial charge in [-0.05, 0) is 52.2 Å². The van der Waals surface area contributed by atoms with Gasteiger partial charge in [-0.25, -0.2) is 0 Å². The summed E-state index contributed by atoms with van der Waals surface area (Å²) in [5, 5.41) is 10.6. The highest BCUT2D eigenvalue weighted by atomic mass is 79.9. The number of nitro benzene ring substituents is 1. The second-order valence-corrected chi connectivity index (χ2v) is 5.66. The van der Waals surface area contributed by atoms with E-state index in [9.17, 15) is 14.9 Å². The van der Waals surface area contributed by atoms with Crippen LogP contribution in [0.25, 0.3) is 4.48 Å². The number of benzene rings is 2. The fourth-order valence-electron chi connectivity index (χ4n) is 1.93. The molecule has 0 saturated carbocycles. The maximum absolute atomic E-state index is 12.1. The molecule has 0 aliphatic rings. The van der Waals surface area contributed by atoms with Crippen molar-refractivity contribution < 1.29 is 9.72 Å². The summed E-state index contributed by atoms with van der Waals surface area (Å²) >= 11 is 3.53. The molecule has 0 radical (unpaired) electrons. The second-order valence-electron chi connectivity index (χ2n) is 4.86. The van der Waals surface area contributed by atoms with Gasteiger partial charge >= 0.3 is 0 Å². The van der Waals surface area contributed by atoms with Gasteiger partial charge in [0.15, 0.2) is 5.78 Å². The van der Waals surface area contributed by atoms with Gasteiger partial charge in [0.05, 0.1) is 4.92 Å². The third kappa shape index (κ3) is 4.47. The molecule has 116 valence electrons. The van der Waals surface area contributed by atoms with Crippen LogP contribution >= 0.6 is 15.9 Å². The molecule has 0 amide bonds. The van der Waals surface area contributed by atoms with Gasteiger partial charge in [0.2, 0.25) is 0 Å². The van der Waals surface area contributed by atoms with Gasteiger partial charge in [-0.2, -0.15) is 0 Å². The number of hydrogen-bond acceptors (Lipinski definition) is 3. The molecule has 4 nitrogen and oxygen atoms in total. The zero-order valence-corrected chi connectivity index (χ0v) is 14.0. The van der Waals surface area contributed by atoms with Gasteiger partial charge in [0, 0.05) is 22.2 Å². The van der Waals surface area contributed by atoms with E-state index < -0.39 is 4.92 Å². The molecule has 0 aliphatic carbocycles. The molecule has 0 unspecified atom stereocenters. The molecule has 2 aromatic carbocycles. The van der Waals surface area contributed by atoms with Crippen molar-refractivity contribution in [3.8, 4) is 0 Å². The molecule has 0 atom stereocenters. The number of nitro groups is 1. The minimum atomic E-state index is -0.492. The first-order chi connectivity index (χ1) is 11.0. The lowest BCUT2D eigenvalue weighted by Gasteiger charge is -2.02. The minimum Gasteiger partial charge on any atom is -0.289 e. The summed E-state index contributed by atoms with van der Waals surface area (Å²) < 4.78 is 0.908. The van der Waals surface area contributed by atoms with Crippen LogP contribution in [0.5, 0.6) is 0 Å². The summed E-state index contributed by atoms with van der Waals surface area (Å²) in [6.07, 6.45) is 3.18. The van der Waals surface area contributed by atoms with Crippen molar-refractivity contribution in [1.82, 2.24) is 0 Å². The Hall–Kier alpha value is -2.53. The van der Waals surface area contributed by atoms with Crippen LogP contribution in [-0.2, 0) is 0 Å². The van der Waals surface area contributed by atoms with E-state index in [1.165, 1.54) is 30.3 Å². The number of ketones is 1. The van der Waals surface area contributed by atoms with Gasteiger partial charge in [0.25, 0.3) is 5.69 Å². The monoisotopic (exact) mass is 371 g/mol. The number of halogens is 1. The molecule has 0 heterocycles. The van der Waals surface area contributed by atoms with Crippen LogP contribution < -0.4 is 0 Å². The zero-order chi connectivity index (χ0) is 16.8. The van der Waals surface area contributed by atoms with Gasteiger partial charge in [-0.3, -0.25) is 14.9 Å². The van der Waals surface area contributed by atoms with E-state index in [2.05, 4.69) is 15.9 Å². The van der Waals surface area contributed by atoms with E-state index in [1.54, 1.807) is 6.08 Å². The lowest BCUT2D eigenvalue weighted by Crippen LogP contribution is -1.95. The van der Waals surface area contributed by atoms with Crippen molar-refractivity contribution in [3.05, 3.63) is 93.6 Å². The third-order valence-electron chi connectivity index (χ3n) is 3.22. The van der Waals surface area contributed by atoms with E-state index in [0.29, 0.717) is 5.56 Å². The average Bonchev–Trinajstić information content (AvgIpc) is 2.59. The molecule has 0 N–H and O–H groups in total. The molecule has 0 fully saturated rings. The molecule has 0 aliphatic heterocycles. The topological polar surface area (TPSA) is 60.2 Å². The van der Waals surface area contributed by atoms with Crippen molar-refractivity contribution >= 4 is 31.9 Å². The SMILES string of the molecule is CC(/C=C/C(=O)c1ccc([N+](=O)[O-])cc1)=C(\Br)c1ccccc1. The van der Waals surface area contributed by atoms with Crippen molar-refractivity contribution in [1.29, 1.82) is 0 Å². The zero-order valence-electron chi connectivity index (χ0n) is 12.4. The minimum absolute atomic E-state index is 0.0339. The number of hydrogen-bond donors (Lipinski definition) is 0. The van der Waals surface area contributed by atoms with Crippen LogP contribution in [0.1, 0.15) is 22.8 Å². The van der Waals surface area contributed by atoms with Crippen molar-refractivity contribution in [2.24, 2.45) is 0 Å². The normalized spacial score (nSPS) is 12.1. The van der Waals surface area contributed by atoms with Crippen LogP contribution in [-0.4, -0.2) is 10.7 Å². The summed E-state index contributed by atoms with van der Waals surface area (Å²) in [6.45, 7) is 1.90. The first-order valence-electron chi connectivity index (χ1n) is 6.87. The number of allylic oxidation sites excluding steroid dienone is 3. The summed E-state index contributed by atoms with van der Waals surface area (Å²) in [7, 11) is 0. The van der Waals surface area contributed by atoms with E-state index in [0.717, 1.165) is 15.6 Å². The molecule has 0 spiro atoms. The second kappa shape index (κ2) is 7.65. The Balaban J connectivity index is 2.15. The molecule has 5 heteroatoms. The van der Waals surface area contributed by atoms with Crippen molar-refractivity contribution in [2.75, 3.05) is 0 Å². The van der Waals surface area contributed by atoms with Crippen LogP contribution in [0.15, 0.2) is 72.3 Å². The Morgan fingerprint density at radius 1 is 1.00 bits per heavy atom. The predicted molar refractivity (Wildman–Crippen MR) is 94.5 cm³/mol. The number of nitrogens with zero attached hydrogens (tertiary/aromatic N) is 1. The summed E-state index contributed by atoms with van der Waals surface area (Å²) in [6, 6.07) is 15.3. The summed E-state index contributed by atoms with van der Waals surface area (Å²) in [5.74, 6) is -0.201. The summed E-state index contributed by atoms with van der Waals surface area (Å²) in [5.41, 5.74) is 2.31. The lowest BCUT2D eigenvalue weighted by molar-refractivity contribution is -0.384. The first kappa shape index (κ1) is 16.8.